The van der Waals surface area contributed by atoms with Gasteiger partial charge in [0.15, 0.2) is 0 Å². The van der Waals surface area contributed by atoms with Crippen LogP contribution in [0.4, 0.5) is 5.82 Å². The molecule has 2 rings (SSSR count). The van der Waals surface area contributed by atoms with Gasteiger partial charge in [-0.05, 0) is 37.9 Å². The second kappa shape index (κ2) is 8.43. The van der Waals surface area contributed by atoms with Gasteiger partial charge in [0.2, 0.25) is 11.8 Å². The maximum atomic E-state index is 12.4. The zero-order valence-corrected chi connectivity index (χ0v) is 13.5. The first-order valence-corrected chi connectivity index (χ1v) is 7.92. The summed E-state index contributed by atoms with van der Waals surface area (Å²) >= 11 is 0. The molecule has 2 heterocycles. The second-order valence-corrected chi connectivity index (χ2v) is 5.88. The van der Waals surface area contributed by atoms with Gasteiger partial charge >= 0.3 is 0 Å². The topological polar surface area (TPSA) is 74.3 Å². The number of carbonyl (C=O) groups excluding carboxylic acids is 2. The highest BCUT2D eigenvalue weighted by Crippen LogP contribution is 2.18. The molecule has 2 amide bonds. The smallest absolute Gasteiger partial charge is 0.234 e. The maximum absolute atomic E-state index is 12.4. The van der Waals surface area contributed by atoms with Crippen molar-refractivity contribution in [3.05, 3.63) is 36.5 Å². The van der Waals surface area contributed by atoms with Crippen molar-refractivity contribution in [1.29, 1.82) is 0 Å². The molecular formula is C17H24N4O2. The Morgan fingerprint density at radius 3 is 3.00 bits per heavy atom. The Morgan fingerprint density at radius 2 is 2.30 bits per heavy atom. The number of hydrogen-bond donors (Lipinski definition) is 2. The Morgan fingerprint density at radius 1 is 1.48 bits per heavy atom. The fourth-order valence-electron chi connectivity index (χ4n) is 2.63. The zero-order valence-electron chi connectivity index (χ0n) is 13.5. The van der Waals surface area contributed by atoms with Crippen LogP contribution in [0, 0.1) is 12.8 Å². The fourth-order valence-corrected chi connectivity index (χ4v) is 2.63. The molecule has 1 fully saturated rings. The minimum Gasteiger partial charge on any atom is -0.352 e. The third-order valence-corrected chi connectivity index (χ3v) is 3.85. The van der Waals surface area contributed by atoms with Crippen molar-refractivity contribution in [2.45, 2.75) is 19.8 Å². The first kappa shape index (κ1) is 17.1. The molecule has 1 atom stereocenters. The molecule has 6 nitrogen and oxygen atoms in total. The molecule has 1 aliphatic heterocycles. The lowest BCUT2D eigenvalue weighted by atomic mass is 9.97. The van der Waals surface area contributed by atoms with E-state index in [4.69, 9.17) is 0 Å². The molecule has 1 aromatic heterocycles. The number of likely N-dealkylation sites (tertiary alicyclic amines) is 1. The SMILES string of the molecule is C=CCNC(=O)CN1CCCC(C(=O)Nc2ccc(C)cn2)C1. The number of aromatic nitrogens is 1. The van der Waals surface area contributed by atoms with Crippen LogP contribution in [0.3, 0.4) is 0 Å². The third-order valence-electron chi connectivity index (χ3n) is 3.85. The van der Waals surface area contributed by atoms with E-state index >= 15 is 0 Å². The Kier molecular flexibility index (Phi) is 6.29. The highest BCUT2D eigenvalue weighted by molar-refractivity contribution is 5.92. The molecule has 0 spiro atoms. The van der Waals surface area contributed by atoms with Crippen LogP contribution in [0.1, 0.15) is 18.4 Å². The van der Waals surface area contributed by atoms with Gasteiger partial charge in [-0.2, -0.15) is 0 Å². The predicted octanol–water partition coefficient (Wildman–Crippen LogP) is 1.34. The van der Waals surface area contributed by atoms with Crippen LogP contribution in [0.25, 0.3) is 0 Å². The van der Waals surface area contributed by atoms with Crippen molar-refractivity contribution in [3.63, 3.8) is 0 Å². The molecule has 2 N–H and O–H groups in total. The average Bonchev–Trinajstić information content (AvgIpc) is 2.55. The predicted molar refractivity (Wildman–Crippen MR) is 90.0 cm³/mol. The number of amides is 2. The van der Waals surface area contributed by atoms with Gasteiger partial charge in [-0.3, -0.25) is 14.5 Å². The van der Waals surface area contributed by atoms with Crippen molar-refractivity contribution in [2.75, 3.05) is 31.5 Å². The van der Waals surface area contributed by atoms with E-state index in [2.05, 4.69) is 22.2 Å². The summed E-state index contributed by atoms with van der Waals surface area (Å²) in [6, 6.07) is 3.72. The monoisotopic (exact) mass is 316 g/mol. The summed E-state index contributed by atoms with van der Waals surface area (Å²) in [7, 11) is 0. The summed E-state index contributed by atoms with van der Waals surface area (Å²) in [6.45, 7) is 7.75. The van der Waals surface area contributed by atoms with Gasteiger partial charge in [0, 0.05) is 19.3 Å². The average molecular weight is 316 g/mol. The summed E-state index contributed by atoms with van der Waals surface area (Å²) in [5.41, 5.74) is 1.05. The first-order chi connectivity index (χ1) is 11.1. The lowest BCUT2D eigenvalue weighted by Gasteiger charge is -2.31. The summed E-state index contributed by atoms with van der Waals surface area (Å²) < 4.78 is 0. The largest absolute Gasteiger partial charge is 0.352 e. The van der Waals surface area contributed by atoms with Gasteiger partial charge in [0.25, 0.3) is 0 Å². The lowest BCUT2D eigenvalue weighted by Crippen LogP contribution is -2.45. The van der Waals surface area contributed by atoms with Crippen LogP contribution in [0.5, 0.6) is 0 Å². The van der Waals surface area contributed by atoms with Gasteiger partial charge in [-0.1, -0.05) is 12.1 Å². The standard InChI is InChI=1S/C17H24N4O2/c1-3-8-18-16(22)12-21-9-4-5-14(11-21)17(23)20-15-7-6-13(2)10-19-15/h3,6-7,10,14H,1,4-5,8-9,11-12H2,2H3,(H,18,22)(H,19,20,23). The molecule has 0 aliphatic carbocycles. The number of pyridine rings is 1. The molecule has 0 aromatic carbocycles. The van der Waals surface area contributed by atoms with E-state index in [0.717, 1.165) is 24.9 Å². The molecule has 6 heteroatoms. The number of hydrogen-bond acceptors (Lipinski definition) is 4. The number of nitrogens with one attached hydrogen (secondary N) is 2. The van der Waals surface area contributed by atoms with Gasteiger partial charge in [0.1, 0.15) is 5.82 Å². The third kappa shape index (κ3) is 5.49. The highest BCUT2D eigenvalue weighted by atomic mass is 16.2. The van der Waals surface area contributed by atoms with Crippen LogP contribution < -0.4 is 10.6 Å². The van der Waals surface area contributed by atoms with Crippen LogP contribution in [-0.2, 0) is 9.59 Å². The Hall–Kier alpha value is -2.21. The van der Waals surface area contributed by atoms with E-state index in [1.54, 1.807) is 18.3 Å². The number of carbonyl (C=O) groups is 2. The van der Waals surface area contributed by atoms with Crippen LogP contribution in [0.2, 0.25) is 0 Å². The van der Waals surface area contributed by atoms with Crippen molar-refractivity contribution in [3.8, 4) is 0 Å². The van der Waals surface area contributed by atoms with Gasteiger partial charge in [0.05, 0.1) is 12.5 Å². The second-order valence-electron chi connectivity index (χ2n) is 5.88. The van der Waals surface area contributed by atoms with Gasteiger partial charge in [-0.15, -0.1) is 6.58 Å². The normalized spacial score (nSPS) is 18.2. The molecule has 1 saturated heterocycles. The van der Waals surface area contributed by atoms with E-state index in [-0.39, 0.29) is 17.7 Å². The summed E-state index contributed by atoms with van der Waals surface area (Å²) in [5, 5.41) is 5.62. The number of anilines is 1. The summed E-state index contributed by atoms with van der Waals surface area (Å²) in [4.78, 5) is 30.3. The van der Waals surface area contributed by atoms with Crippen molar-refractivity contribution >= 4 is 17.6 Å². The van der Waals surface area contributed by atoms with Crippen LogP contribution >= 0.6 is 0 Å². The molecule has 23 heavy (non-hydrogen) atoms. The van der Waals surface area contributed by atoms with Gasteiger partial charge < -0.3 is 10.6 Å². The fraction of sp³-hybridized carbons (Fsp3) is 0.471. The molecule has 0 saturated carbocycles. The molecule has 0 bridgehead atoms. The first-order valence-electron chi connectivity index (χ1n) is 7.92. The van der Waals surface area contributed by atoms with Crippen molar-refractivity contribution < 1.29 is 9.59 Å². The Balaban J connectivity index is 1.84. The molecule has 1 aromatic rings. The Labute approximate surface area is 137 Å². The molecule has 124 valence electrons. The lowest BCUT2D eigenvalue weighted by molar-refractivity contribution is -0.125. The molecule has 0 radical (unpaired) electrons. The maximum Gasteiger partial charge on any atom is 0.234 e. The highest BCUT2D eigenvalue weighted by Gasteiger charge is 2.26. The van der Waals surface area contributed by atoms with Gasteiger partial charge in [-0.25, -0.2) is 4.98 Å². The van der Waals surface area contributed by atoms with E-state index in [1.165, 1.54) is 0 Å². The van der Waals surface area contributed by atoms with Crippen LogP contribution in [0.15, 0.2) is 31.0 Å². The van der Waals surface area contributed by atoms with Crippen LogP contribution in [-0.4, -0.2) is 47.9 Å². The quantitative estimate of drug-likeness (QED) is 0.777. The minimum absolute atomic E-state index is 0.0300. The molecule has 1 unspecified atom stereocenters. The minimum atomic E-state index is -0.112. The van der Waals surface area contributed by atoms with E-state index in [1.807, 2.05) is 17.9 Å². The number of nitrogens with zero attached hydrogens (tertiary/aromatic N) is 2. The van der Waals surface area contributed by atoms with E-state index in [9.17, 15) is 9.59 Å². The van der Waals surface area contributed by atoms with E-state index < -0.39 is 0 Å². The van der Waals surface area contributed by atoms with Crippen molar-refractivity contribution in [2.24, 2.45) is 5.92 Å². The number of rotatable bonds is 6. The Bertz CT molecular complexity index is 556. The number of aryl methyl sites for hydroxylation is 1. The van der Waals surface area contributed by atoms with Crippen molar-refractivity contribution in [1.82, 2.24) is 15.2 Å². The van der Waals surface area contributed by atoms with E-state index in [0.29, 0.717) is 25.5 Å². The molecular weight excluding hydrogens is 292 g/mol. The summed E-state index contributed by atoms with van der Waals surface area (Å²) in [6.07, 6.45) is 5.13. The zero-order chi connectivity index (χ0) is 16.7. The summed E-state index contributed by atoms with van der Waals surface area (Å²) in [5.74, 6) is 0.393. The molecule has 1 aliphatic rings. The number of piperidine rings is 1.